The van der Waals surface area contributed by atoms with Crippen LogP contribution in [0, 0.1) is 0 Å². The molecule has 1 heterocycles. The first-order valence-electron chi connectivity index (χ1n) is 4.76. The van der Waals surface area contributed by atoms with Crippen LogP contribution in [0.25, 0.3) is 11.3 Å². The highest BCUT2D eigenvalue weighted by Crippen LogP contribution is 2.37. The summed E-state index contributed by atoms with van der Waals surface area (Å²) in [6.07, 6.45) is -2.98. The third-order valence-electron chi connectivity index (χ3n) is 2.23. The lowest BCUT2D eigenvalue weighted by molar-refractivity contribution is -0.137. The van der Waals surface area contributed by atoms with Gasteiger partial charge in [-0.05, 0) is 30.3 Å². The Morgan fingerprint density at radius 2 is 1.82 bits per heavy atom. The minimum atomic E-state index is -4.42. The topological polar surface area (TPSA) is 12.9 Å². The fraction of sp³-hybridized carbons (Fsp3) is 0.0833. The van der Waals surface area contributed by atoms with Crippen molar-refractivity contribution in [3.05, 3.63) is 53.2 Å². The number of hydrogen-bond acceptors (Lipinski definition) is 1. The van der Waals surface area contributed by atoms with Gasteiger partial charge in [0.25, 0.3) is 0 Å². The van der Waals surface area contributed by atoms with Gasteiger partial charge < -0.3 is 0 Å². The fourth-order valence-electron chi connectivity index (χ4n) is 1.50. The second-order valence-corrected chi connectivity index (χ2v) is 3.84. The van der Waals surface area contributed by atoms with E-state index in [1.165, 1.54) is 24.4 Å². The number of hydrogen-bond donors (Lipinski definition) is 0. The minimum Gasteiger partial charge on any atom is -0.256 e. The van der Waals surface area contributed by atoms with Gasteiger partial charge in [-0.25, -0.2) is 0 Å². The van der Waals surface area contributed by atoms with Crippen molar-refractivity contribution in [3.8, 4) is 11.3 Å². The van der Waals surface area contributed by atoms with E-state index < -0.39 is 11.7 Å². The predicted molar refractivity (Wildman–Crippen MR) is 59.7 cm³/mol. The summed E-state index contributed by atoms with van der Waals surface area (Å²) >= 11 is 5.72. The van der Waals surface area contributed by atoms with Crippen LogP contribution in [0.2, 0.25) is 5.02 Å². The van der Waals surface area contributed by atoms with Gasteiger partial charge in [-0.15, -0.1) is 0 Å². The van der Waals surface area contributed by atoms with Crippen molar-refractivity contribution in [3.63, 3.8) is 0 Å². The number of alkyl halides is 3. The molecule has 0 fully saturated rings. The van der Waals surface area contributed by atoms with Gasteiger partial charge in [0.1, 0.15) is 0 Å². The first kappa shape index (κ1) is 11.9. The maximum absolute atomic E-state index is 12.8. The summed E-state index contributed by atoms with van der Waals surface area (Å²) in [5, 5.41) is 0.249. The van der Waals surface area contributed by atoms with E-state index in [9.17, 15) is 13.2 Å². The molecule has 0 radical (unpaired) electrons. The molecule has 1 aromatic heterocycles. The quantitative estimate of drug-likeness (QED) is 0.737. The average molecular weight is 258 g/mol. The Labute approximate surface area is 101 Å². The van der Waals surface area contributed by atoms with Crippen LogP contribution in [0.1, 0.15) is 5.56 Å². The van der Waals surface area contributed by atoms with E-state index in [1.807, 2.05) is 0 Å². The first-order chi connectivity index (χ1) is 7.98. The van der Waals surface area contributed by atoms with Crippen LogP contribution in [-0.4, -0.2) is 4.98 Å². The normalized spacial score (nSPS) is 11.5. The van der Waals surface area contributed by atoms with Crippen molar-refractivity contribution in [2.75, 3.05) is 0 Å². The third kappa shape index (κ3) is 2.58. The Bertz CT molecular complexity index is 523. The number of benzene rings is 1. The molecule has 2 rings (SSSR count). The number of rotatable bonds is 1. The van der Waals surface area contributed by atoms with E-state index in [2.05, 4.69) is 4.98 Å². The molecule has 17 heavy (non-hydrogen) atoms. The highest BCUT2D eigenvalue weighted by atomic mass is 35.5. The Morgan fingerprint density at radius 1 is 1.06 bits per heavy atom. The summed E-state index contributed by atoms with van der Waals surface area (Å²) in [4.78, 5) is 3.91. The Morgan fingerprint density at radius 3 is 2.41 bits per heavy atom. The zero-order valence-corrected chi connectivity index (χ0v) is 9.26. The van der Waals surface area contributed by atoms with Crippen LogP contribution in [0.3, 0.4) is 0 Å². The molecule has 0 unspecified atom stereocenters. The second kappa shape index (κ2) is 4.37. The van der Waals surface area contributed by atoms with Gasteiger partial charge in [-0.2, -0.15) is 13.2 Å². The van der Waals surface area contributed by atoms with Crippen LogP contribution in [0.15, 0.2) is 42.6 Å². The van der Waals surface area contributed by atoms with Crippen LogP contribution >= 0.6 is 11.6 Å². The molecular weight excluding hydrogens is 251 g/mol. The molecule has 0 bridgehead atoms. The van der Waals surface area contributed by atoms with Crippen molar-refractivity contribution in [2.24, 2.45) is 0 Å². The van der Waals surface area contributed by atoms with Crippen LogP contribution < -0.4 is 0 Å². The minimum absolute atomic E-state index is 0.00870. The molecule has 1 aromatic carbocycles. The van der Waals surface area contributed by atoms with Gasteiger partial charge in [0.2, 0.25) is 0 Å². The first-order valence-corrected chi connectivity index (χ1v) is 5.14. The van der Waals surface area contributed by atoms with E-state index in [0.717, 1.165) is 6.07 Å². The largest absolute Gasteiger partial charge is 0.417 e. The van der Waals surface area contributed by atoms with Crippen molar-refractivity contribution in [1.29, 1.82) is 0 Å². The molecule has 88 valence electrons. The molecule has 0 N–H and O–H groups in total. The van der Waals surface area contributed by atoms with Gasteiger partial charge in [0.05, 0.1) is 11.3 Å². The molecule has 5 heteroatoms. The molecule has 2 aromatic rings. The molecule has 0 amide bonds. The molecule has 1 nitrogen and oxygen atoms in total. The van der Waals surface area contributed by atoms with E-state index >= 15 is 0 Å². The van der Waals surface area contributed by atoms with Gasteiger partial charge in [-0.1, -0.05) is 17.7 Å². The lowest BCUT2D eigenvalue weighted by Crippen LogP contribution is -2.07. The van der Waals surface area contributed by atoms with Crippen molar-refractivity contribution in [2.45, 2.75) is 6.18 Å². The predicted octanol–water partition coefficient (Wildman–Crippen LogP) is 4.42. The summed E-state index contributed by atoms with van der Waals surface area (Å²) in [5.41, 5.74) is -0.492. The van der Waals surface area contributed by atoms with Gasteiger partial charge in [0.15, 0.2) is 0 Å². The third-order valence-corrected chi connectivity index (χ3v) is 2.46. The summed E-state index contributed by atoms with van der Waals surface area (Å²) < 4.78 is 38.4. The van der Waals surface area contributed by atoms with Crippen molar-refractivity contribution in [1.82, 2.24) is 4.98 Å². The van der Waals surface area contributed by atoms with E-state index in [4.69, 9.17) is 11.6 Å². The smallest absolute Gasteiger partial charge is 0.256 e. The molecule has 0 aliphatic rings. The highest BCUT2D eigenvalue weighted by Gasteiger charge is 2.33. The van der Waals surface area contributed by atoms with Gasteiger partial charge >= 0.3 is 6.18 Å². The molecule has 0 spiro atoms. The summed E-state index contributed by atoms with van der Waals surface area (Å²) in [6.45, 7) is 0. The second-order valence-electron chi connectivity index (χ2n) is 3.40. The lowest BCUT2D eigenvalue weighted by atomic mass is 10.0. The Hall–Kier alpha value is -1.55. The zero-order valence-electron chi connectivity index (χ0n) is 8.50. The van der Waals surface area contributed by atoms with E-state index in [0.29, 0.717) is 0 Å². The van der Waals surface area contributed by atoms with Crippen molar-refractivity contribution < 1.29 is 13.2 Å². The monoisotopic (exact) mass is 257 g/mol. The number of halogens is 4. The molecule has 0 atom stereocenters. The van der Waals surface area contributed by atoms with Crippen LogP contribution in [0.5, 0.6) is 0 Å². The fourth-order valence-corrected chi connectivity index (χ4v) is 1.67. The summed E-state index contributed by atoms with van der Waals surface area (Å²) in [5.74, 6) is 0. The molecule has 0 saturated heterocycles. The lowest BCUT2D eigenvalue weighted by Gasteiger charge is -2.12. The molecule has 0 aliphatic heterocycles. The molecule has 0 saturated carbocycles. The van der Waals surface area contributed by atoms with Crippen molar-refractivity contribution >= 4 is 11.6 Å². The summed E-state index contributed by atoms with van der Waals surface area (Å²) in [7, 11) is 0. The van der Waals surface area contributed by atoms with Gasteiger partial charge in [-0.3, -0.25) is 4.98 Å². The zero-order chi connectivity index (χ0) is 12.5. The number of aromatic nitrogens is 1. The maximum Gasteiger partial charge on any atom is 0.417 e. The van der Waals surface area contributed by atoms with E-state index in [1.54, 1.807) is 12.1 Å². The standard InChI is InChI=1S/C12H7ClF3N/c13-8-4-5-10(12(14,15)16)9(7-8)11-3-1-2-6-17-11/h1-7H. The molecule has 0 aliphatic carbocycles. The van der Waals surface area contributed by atoms with Crippen LogP contribution in [0.4, 0.5) is 13.2 Å². The van der Waals surface area contributed by atoms with Crippen LogP contribution in [-0.2, 0) is 6.18 Å². The highest BCUT2D eigenvalue weighted by molar-refractivity contribution is 6.30. The average Bonchev–Trinajstić information content (AvgIpc) is 2.28. The van der Waals surface area contributed by atoms with Gasteiger partial charge in [0, 0.05) is 16.8 Å². The Kier molecular flexibility index (Phi) is 3.07. The molecular formula is C12H7ClF3N. The maximum atomic E-state index is 12.8. The Balaban J connectivity index is 2.64. The number of pyridine rings is 1. The summed E-state index contributed by atoms with van der Waals surface area (Å²) in [6, 6.07) is 8.24. The number of nitrogens with zero attached hydrogens (tertiary/aromatic N) is 1. The SMILES string of the molecule is FC(F)(F)c1ccc(Cl)cc1-c1ccccn1. The van der Waals surface area contributed by atoms with E-state index in [-0.39, 0.29) is 16.3 Å².